The second-order valence-electron chi connectivity index (χ2n) is 6.84. The lowest BCUT2D eigenvalue weighted by molar-refractivity contribution is -0.117. The average molecular weight is 373 g/mol. The Morgan fingerprint density at radius 1 is 1.07 bits per heavy atom. The molecule has 7 nitrogen and oxygen atoms in total. The second-order valence-corrected chi connectivity index (χ2v) is 6.84. The molecule has 1 saturated carbocycles. The summed E-state index contributed by atoms with van der Waals surface area (Å²) in [5, 5.41) is 5.02. The molecular weight excluding hydrogens is 354 g/mol. The van der Waals surface area contributed by atoms with Gasteiger partial charge >= 0.3 is 0 Å². The van der Waals surface area contributed by atoms with Crippen LogP contribution in [0, 0.1) is 5.92 Å². The maximum Gasteiger partial charge on any atom is 0.280 e. The van der Waals surface area contributed by atoms with E-state index in [1.54, 1.807) is 30.6 Å². The highest BCUT2D eigenvalue weighted by Crippen LogP contribution is 2.48. The van der Waals surface area contributed by atoms with Gasteiger partial charge in [0.15, 0.2) is 5.96 Å². The number of rotatable bonds is 4. The molecule has 28 heavy (non-hydrogen) atoms. The molecule has 0 unspecified atom stereocenters. The van der Waals surface area contributed by atoms with Gasteiger partial charge in [-0.3, -0.25) is 14.6 Å². The lowest BCUT2D eigenvalue weighted by Crippen LogP contribution is -2.24. The SMILES string of the molecule is NC(N)=NC(=O)c1cccc([C@@H]2C[C@H]2C(=O)Nc2ccc3cnccc3c2)c1. The number of aliphatic imine (C=N–C) groups is 1. The molecule has 0 bridgehead atoms. The number of pyridine rings is 1. The lowest BCUT2D eigenvalue weighted by atomic mass is 10.0. The van der Waals surface area contributed by atoms with Gasteiger partial charge in [-0.2, -0.15) is 4.99 Å². The molecule has 2 atom stereocenters. The second kappa shape index (κ2) is 7.11. The third-order valence-electron chi connectivity index (χ3n) is 4.83. The Morgan fingerprint density at radius 2 is 1.93 bits per heavy atom. The standard InChI is InChI=1S/C21H19N5O2/c22-21(23)26-19(27)14-3-1-2-13(8-14)17-10-18(17)20(28)25-16-5-4-15-11-24-7-6-12(15)9-16/h1-9,11,17-18H,10H2,(H,25,28)(H4,22,23,26,27)/t17-,18+/m0/s1. The van der Waals surface area contributed by atoms with Crippen LogP contribution in [0.5, 0.6) is 0 Å². The Labute approximate surface area is 161 Å². The van der Waals surface area contributed by atoms with Gasteiger partial charge in [-0.05, 0) is 53.6 Å². The summed E-state index contributed by atoms with van der Waals surface area (Å²) in [4.78, 5) is 32.2. The van der Waals surface area contributed by atoms with E-state index in [1.165, 1.54) is 0 Å². The summed E-state index contributed by atoms with van der Waals surface area (Å²) in [7, 11) is 0. The zero-order valence-corrected chi connectivity index (χ0v) is 15.0. The van der Waals surface area contributed by atoms with Crippen LogP contribution in [0.3, 0.4) is 0 Å². The summed E-state index contributed by atoms with van der Waals surface area (Å²) in [6.45, 7) is 0. The zero-order valence-electron chi connectivity index (χ0n) is 15.0. The average Bonchev–Trinajstić information content (AvgIpc) is 3.48. The first kappa shape index (κ1) is 17.7. The summed E-state index contributed by atoms with van der Waals surface area (Å²) >= 11 is 0. The van der Waals surface area contributed by atoms with E-state index in [2.05, 4.69) is 15.3 Å². The molecule has 0 spiro atoms. The maximum absolute atomic E-state index is 12.6. The highest BCUT2D eigenvalue weighted by molar-refractivity contribution is 6.02. The van der Waals surface area contributed by atoms with E-state index in [0.29, 0.717) is 5.56 Å². The van der Waals surface area contributed by atoms with Crippen molar-refractivity contribution >= 4 is 34.2 Å². The summed E-state index contributed by atoms with van der Waals surface area (Å²) in [6, 6.07) is 14.7. The van der Waals surface area contributed by atoms with Gasteiger partial charge in [0.2, 0.25) is 5.91 Å². The number of guanidine groups is 1. The smallest absolute Gasteiger partial charge is 0.280 e. The van der Waals surface area contributed by atoms with Gasteiger partial charge < -0.3 is 16.8 Å². The van der Waals surface area contributed by atoms with Crippen LogP contribution in [-0.2, 0) is 4.79 Å². The number of nitrogens with two attached hydrogens (primary N) is 2. The van der Waals surface area contributed by atoms with Crippen molar-refractivity contribution in [2.24, 2.45) is 22.4 Å². The number of nitrogens with one attached hydrogen (secondary N) is 1. The Kier molecular flexibility index (Phi) is 4.49. The van der Waals surface area contributed by atoms with Gasteiger partial charge in [0.25, 0.3) is 5.91 Å². The third-order valence-corrected chi connectivity index (χ3v) is 4.83. The summed E-state index contributed by atoms with van der Waals surface area (Å²) in [6.07, 6.45) is 4.25. The van der Waals surface area contributed by atoms with E-state index in [0.717, 1.165) is 28.4 Å². The lowest BCUT2D eigenvalue weighted by Gasteiger charge is -2.07. The first-order valence-corrected chi connectivity index (χ1v) is 8.90. The molecule has 1 aromatic heterocycles. The fourth-order valence-electron chi connectivity index (χ4n) is 3.33. The molecule has 7 heteroatoms. The first-order chi connectivity index (χ1) is 13.5. The molecule has 0 saturated heterocycles. The van der Waals surface area contributed by atoms with Crippen LogP contribution in [0.4, 0.5) is 5.69 Å². The first-order valence-electron chi connectivity index (χ1n) is 8.90. The number of carbonyl (C=O) groups excluding carboxylic acids is 2. The largest absolute Gasteiger partial charge is 0.370 e. The van der Waals surface area contributed by atoms with Crippen LogP contribution in [0.2, 0.25) is 0 Å². The molecule has 140 valence electrons. The Morgan fingerprint density at radius 3 is 2.75 bits per heavy atom. The van der Waals surface area contributed by atoms with Crippen molar-refractivity contribution in [3.8, 4) is 0 Å². The molecule has 1 heterocycles. The normalized spacial score (nSPS) is 17.7. The molecule has 0 aliphatic heterocycles. The highest BCUT2D eigenvalue weighted by Gasteiger charge is 2.44. The van der Waals surface area contributed by atoms with Gasteiger partial charge in [0.1, 0.15) is 0 Å². The van der Waals surface area contributed by atoms with Crippen molar-refractivity contribution in [1.82, 2.24) is 4.98 Å². The van der Waals surface area contributed by atoms with Crippen molar-refractivity contribution in [3.63, 3.8) is 0 Å². The Bertz CT molecular complexity index is 1100. The van der Waals surface area contributed by atoms with E-state index >= 15 is 0 Å². The molecule has 5 N–H and O–H groups in total. The van der Waals surface area contributed by atoms with E-state index in [-0.39, 0.29) is 23.7 Å². The quantitative estimate of drug-likeness (QED) is 0.478. The van der Waals surface area contributed by atoms with Crippen molar-refractivity contribution < 1.29 is 9.59 Å². The van der Waals surface area contributed by atoms with Crippen LogP contribution in [0.25, 0.3) is 10.8 Å². The molecule has 1 aliphatic carbocycles. The minimum atomic E-state index is -0.492. The molecule has 1 aliphatic rings. The number of nitrogens with zero attached hydrogens (tertiary/aromatic N) is 2. The van der Waals surface area contributed by atoms with Crippen LogP contribution in [0.1, 0.15) is 28.3 Å². The van der Waals surface area contributed by atoms with Gasteiger partial charge in [0.05, 0.1) is 0 Å². The van der Waals surface area contributed by atoms with Crippen molar-refractivity contribution in [2.45, 2.75) is 12.3 Å². The molecule has 2 aromatic carbocycles. The summed E-state index contributed by atoms with van der Waals surface area (Å²) in [5.41, 5.74) is 12.6. The van der Waals surface area contributed by atoms with E-state index in [4.69, 9.17) is 11.5 Å². The van der Waals surface area contributed by atoms with Crippen LogP contribution in [-0.4, -0.2) is 22.8 Å². The molecule has 2 amide bonds. The van der Waals surface area contributed by atoms with Crippen molar-refractivity contribution in [1.29, 1.82) is 0 Å². The predicted octanol–water partition coefficient (Wildman–Crippen LogP) is 2.39. The monoisotopic (exact) mass is 373 g/mol. The van der Waals surface area contributed by atoms with E-state index in [1.807, 2.05) is 30.3 Å². The third kappa shape index (κ3) is 3.68. The highest BCUT2D eigenvalue weighted by atomic mass is 16.2. The number of anilines is 1. The summed E-state index contributed by atoms with van der Waals surface area (Å²) in [5.74, 6) is -0.836. The number of fused-ring (bicyclic) bond motifs is 1. The van der Waals surface area contributed by atoms with Crippen molar-refractivity contribution in [3.05, 3.63) is 72.1 Å². The van der Waals surface area contributed by atoms with Crippen LogP contribution in [0.15, 0.2) is 65.9 Å². The van der Waals surface area contributed by atoms with E-state index in [9.17, 15) is 9.59 Å². The van der Waals surface area contributed by atoms with Crippen molar-refractivity contribution in [2.75, 3.05) is 5.32 Å². The fourth-order valence-corrected chi connectivity index (χ4v) is 3.33. The number of hydrogen-bond donors (Lipinski definition) is 3. The van der Waals surface area contributed by atoms with Gasteiger partial charge in [-0.25, -0.2) is 0 Å². The molecule has 1 fully saturated rings. The van der Waals surface area contributed by atoms with Crippen LogP contribution < -0.4 is 16.8 Å². The maximum atomic E-state index is 12.6. The number of carbonyl (C=O) groups is 2. The molecule has 4 rings (SSSR count). The van der Waals surface area contributed by atoms with Gasteiger partial charge in [0, 0.05) is 34.9 Å². The number of amides is 2. The number of hydrogen-bond acceptors (Lipinski definition) is 3. The molecule has 0 radical (unpaired) electrons. The van der Waals surface area contributed by atoms with E-state index < -0.39 is 5.91 Å². The summed E-state index contributed by atoms with van der Waals surface area (Å²) < 4.78 is 0. The zero-order chi connectivity index (χ0) is 19.7. The minimum Gasteiger partial charge on any atom is -0.370 e. The molecular formula is C21H19N5O2. The minimum absolute atomic E-state index is 0.0284. The topological polar surface area (TPSA) is 123 Å². The Balaban J connectivity index is 1.45. The van der Waals surface area contributed by atoms with Gasteiger partial charge in [-0.15, -0.1) is 0 Å². The molecule has 3 aromatic rings. The fraction of sp³-hybridized carbons (Fsp3) is 0.143. The number of benzene rings is 2. The van der Waals surface area contributed by atoms with Crippen LogP contribution >= 0.6 is 0 Å². The van der Waals surface area contributed by atoms with Gasteiger partial charge in [-0.1, -0.05) is 18.2 Å². The Hall–Kier alpha value is -3.74. The predicted molar refractivity (Wildman–Crippen MR) is 108 cm³/mol. The number of aromatic nitrogens is 1.